The number of aromatic hydroxyl groups is 1. The highest BCUT2D eigenvalue weighted by atomic mass is 16.5. The molecule has 1 unspecified atom stereocenters. The minimum Gasteiger partial charge on any atom is -0.506 e. The van der Waals surface area contributed by atoms with E-state index in [9.17, 15) is 14.7 Å². The number of nitrogens with one attached hydrogen (secondary N) is 1. The molecule has 1 amide bonds. The summed E-state index contributed by atoms with van der Waals surface area (Å²) < 4.78 is 10.7. The zero-order chi connectivity index (χ0) is 20.4. The van der Waals surface area contributed by atoms with Gasteiger partial charge in [0.15, 0.2) is 0 Å². The van der Waals surface area contributed by atoms with Gasteiger partial charge in [-0.2, -0.15) is 0 Å². The summed E-state index contributed by atoms with van der Waals surface area (Å²) in [5.74, 6) is 0.152. The summed E-state index contributed by atoms with van der Waals surface area (Å²) in [5, 5.41) is 12.6. The Kier molecular flexibility index (Phi) is 5.14. The van der Waals surface area contributed by atoms with E-state index >= 15 is 0 Å². The summed E-state index contributed by atoms with van der Waals surface area (Å²) in [4.78, 5) is 29.2. The number of benzene rings is 1. The summed E-state index contributed by atoms with van der Waals surface area (Å²) in [6.45, 7) is 2.88. The van der Waals surface area contributed by atoms with Crippen LogP contribution in [0.4, 0.5) is 5.69 Å². The molecule has 3 heterocycles. The first kappa shape index (κ1) is 18.9. The highest BCUT2D eigenvalue weighted by Gasteiger charge is 2.24. The first-order valence-corrected chi connectivity index (χ1v) is 9.31. The maximum atomic E-state index is 12.6. The van der Waals surface area contributed by atoms with Crippen LogP contribution in [0.25, 0.3) is 11.3 Å². The molecule has 2 N–H and O–H groups in total. The predicted octanol–water partition coefficient (Wildman–Crippen LogP) is 3.47. The molecule has 0 aliphatic carbocycles. The highest BCUT2D eigenvalue weighted by Crippen LogP contribution is 2.28. The molecule has 1 atom stereocenters. The van der Waals surface area contributed by atoms with Crippen molar-refractivity contribution < 1.29 is 19.1 Å². The molecule has 3 aromatic rings. The van der Waals surface area contributed by atoms with Gasteiger partial charge >= 0.3 is 5.63 Å². The number of hydrogen-bond acceptors (Lipinski definition) is 6. The highest BCUT2D eigenvalue weighted by molar-refractivity contribution is 6.05. The standard InChI is InChI=1S/C22H20N2O5/c1-13-11-18(15-8-10-28-12-15)29-22(27)19(13)21(26)24-16-6-4-14(5-7-16)20-17(25)3-2-9-23-20/h2-7,9,11,15,25H,8,10,12H2,1H3,(H,24,26). The monoisotopic (exact) mass is 392 g/mol. The second-order valence-electron chi connectivity index (χ2n) is 6.96. The Balaban J connectivity index is 1.53. The van der Waals surface area contributed by atoms with E-state index in [0.717, 1.165) is 6.42 Å². The van der Waals surface area contributed by atoms with Crippen molar-refractivity contribution in [3.8, 4) is 17.0 Å². The molecule has 4 rings (SSSR count). The summed E-state index contributed by atoms with van der Waals surface area (Å²) >= 11 is 0. The number of anilines is 1. The third-order valence-electron chi connectivity index (χ3n) is 4.93. The van der Waals surface area contributed by atoms with Crippen molar-refractivity contribution in [1.82, 2.24) is 4.98 Å². The first-order chi connectivity index (χ1) is 14.0. The number of ether oxygens (including phenoxy) is 1. The van der Waals surface area contributed by atoms with E-state index in [1.165, 1.54) is 0 Å². The third-order valence-corrected chi connectivity index (χ3v) is 4.93. The molecule has 1 saturated heterocycles. The van der Waals surface area contributed by atoms with Gasteiger partial charge in [0.1, 0.15) is 22.8 Å². The molecule has 1 aliphatic heterocycles. The minimum atomic E-state index is -0.653. The van der Waals surface area contributed by atoms with Crippen molar-refractivity contribution in [3.05, 3.63) is 76.0 Å². The maximum absolute atomic E-state index is 12.6. The van der Waals surface area contributed by atoms with Crippen LogP contribution < -0.4 is 10.9 Å². The second-order valence-corrected chi connectivity index (χ2v) is 6.96. The number of carbonyl (C=O) groups excluding carboxylic acids is 1. The summed E-state index contributed by atoms with van der Waals surface area (Å²) in [7, 11) is 0. The van der Waals surface area contributed by atoms with Crippen LogP contribution in [0.1, 0.15) is 34.0 Å². The van der Waals surface area contributed by atoms with E-state index in [1.807, 2.05) is 0 Å². The van der Waals surface area contributed by atoms with Gasteiger partial charge in [-0.25, -0.2) is 4.79 Å². The van der Waals surface area contributed by atoms with Gasteiger partial charge in [-0.15, -0.1) is 0 Å². The van der Waals surface area contributed by atoms with Crippen molar-refractivity contribution in [2.75, 3.05) is 18.5 Å². The van der Waals surface area contributed by atoms with E-state index in [0.29, 0.717) is 41.5 Å². The zero-order valence-electron chi connectivity index (χ0n) is 15.8. The van der Waals surface area contributed by atoms with E-state index in [2.05, 4.69) is 10.3 Å². The molecule has 2 aromatic heterocycles. The Morgan fingerprint density at radius 3 is 2.69 bits per heavy atom. The quantitative estimate of drug-likeness (QED) is 0.705. The van der Waals surface area contributed by atoms with Gasteiger partial charge in [0.05, 0.1) is 6.61 Å². The molecule has 0 bridgehead atoms. The van der Waals surface area contributed by atoms with Gasteiger partial charge in [-0.3, -0.25) is 9.78 Å². The van der Waals surface area contributed by atoms with E-state index in [4.69, 9.17) is 9.15 Å². The molecule has 1 aliphatic rings. The molecule has 0 saturated carbocycles. The van der Waals surface area contributed by atoms with Crippen molar-refractivity contribution in [1.29, 1.82) is 0 Å². The zero-order valence-corrected chi connectivity index (χ0v) is 15.8. The van der Waals surface area contributed by atoms with Crippen molar-refractivity contribution >= 4 is 11.6 Å². The molecule has 7 nitrogen and oxygen atoms in total. The first-order valence-electron chi connectivity index (χ1n) is 9.31. The molecule has 1 fully saturated rings. The van der Waals surface area contributed by atoms with Crippen LogP contribution >= 0.6 is 0 Å². The lowest BCUT2D eigenvalue weighted by Crippen LogP contribution is -2.23. The SMILES string of the molecule is Cc1cc(C2CCOC2)oc(=O)c1C(=O)Nc1ccc(-c2ncccc2O)cc1. The molecular weight excluding hydrogens is 372 g/mol. The average molecular weight is 392 g/mol. The van der Waals surface area contributed by atoms with Crippen molar-refractivity contribution in [2.45, 2.75) is 19.3 Å². The van der Waals surface area contributed by atoms with Crippen molar-refractivity contribution in [3.63, 3.8) is 0 Å². The van der Waals surface area contributed by atoms with Crippen LogP contribution in [-0.2, 0) is 4.74 Å². The third kappa shape index (κ3) is 3.90. The van der Waals surface area contributed by atoms with Gasteiger partial charge in [0, 0.05) is 30.0 Å². The number of aromatic nitrogens is 1. The van der Waals surface area contributed by atoms with Gasteiger partial charge in [0.25, 0.3) is 5.91 Å². The Labute approximate surface area is 167 Å². The van der Waals surface area contributed by atoms with Crippen LogP contribution in [-0.4, -0.2) is 29.2 Å². The smallest absolute Gasteiger partial charge is 0.349 e. The van der Waals surface area contributed by atoms with Crippen LogP contribution in [0, 0.1) is 6.92 Å². The van der Waals surface area contributed by atoms with E-state index in [-0.39, 0.29) is 17.2 Å². The molecule has 0 radical (unpaired) electrons. The molecule has 148 valence electrons. The predicted molar refractivity (Wildman–Crippen MR) is 107 cm³/mol. The number of aryl methyl sites for hydroxylation is 1. The lowest BCUT2D eigenvalue weighted by Gasteiger charge is -2.11. The van der Waals surface area contributed by atoms with Crippen molar-refractivity contribution in [2.24, 2.45) is 0 Å². The summed E-state index contributed by atoms with van der Waals surface area (Å²) in [5.41, 5.74) is 1.57. The minimum absolute atomic E-state index is 0.0147. The Hall–Kier alpha value is -3.45. The number of carbonyl (C=O) groups is 1. The van der Waals surface area contributed by atoms with Gasteiger partial charge < -0.3 is 19.6 Å². The van der Waals surface area contributed by atoms with Gasteiger partial charge in [-0.1, -0.05) is 12.1 Å². The fourth-order valence-electron chi connectivity index (χ4n) is 3.39. The second kappa shape index (κ2) is 7.89. The summed E-state index contributed by atoms with van der Waals surface area (Å²) in [6.07, 6.45) is 2.39. The largest absolute Gasteiger partial charge is 0.506 e. The molecular formula is C22H20N2O5. The fourth-order valence-corrected chi connectivity index (χ4v) is 3.39. The van der Waals surface area contributed by atoms with Crippen LogP contribution in [0.2, 0.25) is 0 Å². The van der Waals surface area contributed by atoms with E-state index < -0.39 is 11.5 Å². The molecule has 29 heavy (non-hydrogen) atoms. The number of amides is 1. The Bertz CT molecular complexity index is 1100. The van der Waals surface area contributed by atoms with E-state index in [1.54, 1.807) is 55.6 Å². The lowest BCUT2D eigenvalue weighted by atomic mass is 10.0. The lowest BCUT2D eigenvalue weighted by molar-refractivity contribution is 0.102. The summed E-state index contributed by atoms with van der Waals surface area (Å²) in [6, 6.07) is 11.8. The maximum Gasteiger partial charge on any atom is 0.349 e. The van der Waals surface area contributed by atoms with Gasteiger partial charge in [0.2, 0.25) is 0 Å². The molecule has 1 aromatic carbocycles. The number of rotatable bonds is 4. The number of hydrogen-bond donors (Lipinski definition) is 2. The molecule has 7 heteroatoms. The fraction of sp³-hybridized carbons (Fsp3) is 0.227. The number of pyridine rings is 1. The average Bonchev–Trinajstić information content (AvgIpc) is 3.23. The Morgan fingerprint density at radius 2 is 2.03 bits per heavy atom. The van der Waals surface area contributed by atoms with Gasteiger partial charge in [-0.05, 0) is 49.2 Å². The van der Waals surface area contributed by atoms with Crippen LogP contribution in [0.15, 0.2) is 57.9 Å². The topological polar surface area (TPSA) is 102 Å². The number of nitrogens with zero attached hydrogens (tertiary/aromatic N) is 1. The Morgan fingerprint density at radius 1 is 1.24 bits per heavy atom. The normalized spacial score (nSPS) is 16.0. The van der Waals surface area contributed by atoms with Crippen LogP contribution in [0.5, 0.6) is 5.75 Å². The molecule has 0 spiro atoms. The van der Waals surface area contributed by atoms with Crippen LogP contribution in [0.3, 0.4) is 0 Å².